The second-order valence-electron chi connectivity index (χ2n) is 6.69. The van der Waals surface area contributed by atoms with Crippen molar-refractivity contribution in [3.05, 3.63) is 59.2 Å². The second-order valence-corrected chi connectivity index (χ2v) is 6.69. The van der Waals surface area contributed by atoms with Gasteiger partial charge >= 0.3 is 5.97 Å². The lowest BCUT2D eigenvalue weighted by molar-refractivity contribution is -0.138. The van der Waals surface area contributed by atoms with Crippen molar-refractivity contribution in [2.75, 3.05) is 5.32 Å². The molecule has 144 valence electrons. The molecule has 0 aliphatic rings. The summed E-state index contributed by atoms with van der Waals surface area (Å²) in [6, 6.07) is 11.4. The normalized spacial score (nSPS) is 11.9. The van der Waals surface area contributed by atoms with Gasteiger partial charge in [-0.05, 0) is 67.8 Å². The van der Waals surface area contributed by atoms with Crippen LogP contribution in [0, 0.1) is 5.41 Å². The number of hydrogen-bond acceptors (Lipinski definition) is 4. The fourth-order valence-electron chi connectivity index (χ4n) is 2.81. The van der Waals surface area contributed by atoms with Crippen LogP contribution in [0.3, 0.4) is 0 Å². The number of hydrogen-bond donors (Lipinski definition) is 4. The minimum Gasteiger partial charge on any atom is -0.491 e. The number of nitrogens with one attached hydrogen (secondary N) is 2. The zero-order chi connectivity index (χ0) is 20.0. The molecule has 6 heteroatoms. The van der Waals surface area contributed by atoms with Crippen LogP contribution < -0.4 is 15.8 Å². The maximum atomic E-state index is 11.9. The maximum absolute atomic E-state index is 11.9. The summed E-state index contributed by atoms with van der Waals surface area (Å²) in [7, 11) is 0. The average molecular weight is 369 g/mol. The minimum atomic E-state index is -0.967. The molecule has 0 aliphatic heterocycles. The predicted molar refractivity (Wildman–Crippen MR) is 108 cm³/mol. The van der Waals surface area contributed by atoms with Gasteiger partial charge in [0.25, 0.3) is 0 Å². The Bertz CT molecular complexity index is 801. The molecule has 1 unspecified atom stereocenters. The fourth-order valence-corrected chi connectivity index (χ4v) is 2.81. The van der Waals surface area contributed by atoms with Gasteiger partial charge in [-0.2, -0.15) is 0 Å². The van der Waals surface area contributed by atoms with Crippen molar-refractivity contribution in [2.24, 2.45) is 5.73 Å². The van der Waals surface area contributed by atoms with E-state index in [0.29, 0.717) is 16.8 Å². The van der Waals surface area contributed by atoms with E-state index in [1.807, 2.05) is 26.0 Å². The van der Waals surface area contributed by atoms with E-state index in [2.05, 4.69) is 12.2 Å². The first-order valence-electron chi connectivity index (χ1n) is 9.05. The summed E-state index contributed by atoms with van der Waals surface area (Å²) in [4.78, 5) is 11.9. The van der Waals surface area contributed by atoms with Gasteiger partial charge in [0.15, 0.2) is 6.04 Å². The number of aliphatic carboxylic acids is 1. The quantitative estimate of drug-likeness (QED) is 0.395. The number of rotatable bonds is 9. The largest absolute Gasteiger partial charge is 0.491 e. The molecule has 0 amide bonds. The summed E-state index contributed by atoms with van der Waals surface area (Å²) in [6.07, 6.45) is 1.81. The van der Waals surface area contributed by atoms with E-state index < -0.39 is 12.0 Å². The lowest BCUT2D eigenvalue weighted by atomic mass is 10.00. The number of carboxylic acids is 1. The van der Waals surface area contributed by atoms with Crippen LogP contribution >= 0.6 is 0 Å². The number of nitrogens with two attached hydrogens (primary N) is 1. The summed E-state index contributed by atoms with van der Waals surface area (Å²) in [5.41, 5.74) is 8.36. The Morgan fingerprint density at radius 3 is 2.41 bits per heavy atom. The van der Waals surface area contributed by atoms with Crippen LogP contribution in [0.2, 0.25) is 0 Å². The number of aryl methyl sites for hydroxylation is 1. The van der Waals surface area contributed by atoms with Gasteiger partial charge in [0, 0.05) is 11.3 Å². The Morgan fingerprint density at radius 1 is 1.22 bits per heavy atom. The molecule has 5 N–H and O–H groups in total. The van der Waals surface area contributed by atoms with Crippen molar-refractivity contribution >= 4 is 17.5 Å². The molecular formula is C21H27N3O3. The number of amidine groups is 1. The van der Waals surface area contributed by atoms with E-state index in [1.54, 1.807) is 30.3 Å². The monoisotopic (exact) mass is 369 g/mol. The SMILES string of the molecule is CCCc1cc(C(Nc2ccc(C(=N)N)cc2)C(=O)O)ccc1OC(C)C. The van der Waals surface area contributed by atoms with Gasteiger partial charge in [0.1, 0.15) is 11.6 Å². The van der Waals surface area contributed by atoms with Crippen LogP contribution in [-0.4, -0.2) is 23.0 Å². The lowest BCUT2D eigenvalue weighted by Crippen LogP contribution is -2.21. The van der Waals surface area contributed by atoms with E-state index in [4.69, 9.17) is 15.9 Å². The molecule has 27 heavy (non-hydrogen) atoms. The van der Waals surface area contributed by atoms with Gasteiger partial charge in [-0.25, -0.2) is 4.79 Å². The molecule has 0 saturated carbocycles. The van der Waals surface area contributed by atoms with Gasteiger partial charge in [0.2, 0.25) is 0 Å². The Kier molecular flexibility index (Phi) is 6.82. The number of ether oxygens (including phenoxy) is 1. The van der Waals surface area contributed by atoms with Gasteiger partial charge in [-0.15, -0.1) is 0 Å². The third-order valence-electron chi connectivity index (χ3n) is 4.05. The third kappa shape index (κ3) is 5.48. The van der Waals surface area contributed by atoms with Gasteiger partial charge in [-0.1, -0.05) is 19.4 Å². The van der Waals surface area contributed by atoms with Crippen LogP contribution in [0.5, 0.6) is 5.75 Å². The standard InChI is InChI=1S/C21H27N3O3/c1-4-5-15-12-16(8-11-18(15)27-13(2)3)19(21(25)26)24-17-9-6-14(7-10-17)20(22)23/h6-13,19,24H,4-5H2,1-3H3,(H3,22,23)(H,25,26). The second kappa shape index (κ2) is 9.07. The Hall–Kier alpha value is -3.02. The van der Waals surface area contributed by atoms with E-state index in [0.717, 1.165) is 24.2 Å². The van der Waals surface area contributed by atoms with Crippen LogP contribution in [-0.2, 0) is 11.2 Å². The molecule has 0 aliphatic carbocycles. The third-order valence-corrected chi connectivity index (χ3v) is 4.05. The zero-order valence-electron chi connectivity index (χ0n) is 16.0. The summed E-state index contributed by atoms with van der Waals surface area (Å²) >= 11 is 0. The summed E-state index contributed by atoms with van der Waals surface area (Å²) in [5.74, 6) is -0.197. The van der Waals surface area contributed by atoms with Crippen molar-refractivity contribution in [1.82, 2.24) is 0 Å². The van der Waals surface area contributed by atoms with E-state index in [-0.39, 0.29) is 11.9 Å². The predicted octanol–water partition coefficient (Wildman–Crippen LogP) is 3.95. The van der Waals surface area contributed by atoms with Crippen molar-refractivity contribution in [3.8, 4) is 5.75 Å². The van der Waals surface area contributed by atoms with E-state index >= 15 is 0 Å². The van der Waals surface area contributed by atoms with Crippen molar-refractivity contribution in [3.63, 3.8) is 0 Å². The Morgan fingerprint density at radius 2 is 1.89 bits per heavy atom. The van der Waals surface area contributed by atoms with Gasteiger partial charge in [-0.3, -0.25) is 5.41 Å². The Labute approximate surface area is 159 Å². The van der Waals surface area contributed by atoms with Gasteiger partial charge in [0.05, 0.1) is 6.10 Å². The highest BCUT2D eigenvalue weighted by molar-refractivity contribution is 5.95. The number of benzene rings is 2. The molecule has 2 rings (SSSR count). The molecule has 0 bridgehead atoms. The van der Waals surface area contributed by atoms with Crippen LogP contribution in [0.15, 0.2) is 42.5 Å². The van der Waals surface area contributed by atoms with Gasteiger partial charge < -0.3 is 20.9 Å². The molecule has 0 fully saturated rings. The average Bonchev–Trinajstić information content (AvgIpc) is 2.61. The fraction of sp³-hybridized carbons (Fsp3) is 0.333. The molecule has 0 spiro atoms. The Balaban J connectivity index is 2.31. The number of anilines is 1. The van der Waals surface area contributed by atoms with E-state index in [1.165, 1.54) is 0 Å². The minimum absolute atomic E-state index is 0.0266. The van der Waals surface area contributed by atoms with Crippen molar-refractivity contribution in [1.29, 1.82) is 5.41 Å². The zero-order valence-corrected chi connectivity index (χ0v) is 16.0. The van der Waals surface area contributed by atoms with E-state index in [9.17, 15) is 9.90 Å². The first-order chi connectivity index (χ1) is 12.8. The molecule has 0 heterocycles. The highest BCUT2D eigenvalue weighted by Gasteiger charge is 2.21. The first kappa shape index (κ1) is 20.3. The molecule has 1 atom stereocenters. The smallest absolute Gasteiger partial charge is 0.330 e. The van der Waals surface area contributed by atoms with Crippen LogP contribution in [0.1, 0.15) is 49.9 Å². The number of carbonyl (C=O) groups is 1. The number of carboxylic acid groups (broad SMARTS) is 1. The first-order valence-corrected chi connectivity index (χ1v) is 9.05. The highest BCUT2D eigenvalue weighted by Crippen LogP contribution is 2.28. The molecule has 0 radical (unpaired) electrons. The molecule has 0 saturated heterocycles. The maximum Gasteiger partial charge on any atom is 0.330 e. The molecular weight excluding hydrogens is 342 g/mol. The highest BCUT2D eigenvalue weighted by atomic mass is 16.5. The molecule has 2 aromatic carbocycles. The molecule has 6 nitrogen and oxygen atoms in total. The summed E-state index contributed by atoms with van der Waals surface area (Å²) in [5, 5.41) is 20.2. The summed E-state index contributed by atoms with van der Waals surface area (Å²) in [6.45, 7) is 6.02. The number of nitrogen functional groups attached to an aromatic ring is 1. The molecule has 2 aromatic rings. The summed E-state index contributed by atoms with van der Waals surface area (Å²) < 4.78 is 5.85. The lowest BCUT2D eigenvalue weighted by Gasteiger charge is -2.20. The van der Waals surface area contributed by atoms with Crippen LogP contribution in [0.25, 0.3) is 0 Å². The molecule has 0 aromatic heterocycles. The van der Waals surface area contributed by atoms with Crippen LogP contribution in [0.4, 0.5) is 5.69 Å². The topological polar surface area (TPSA) is 108 Å². The van der Waals surface area contributed by atoms with Crippen molar-refractivity contribution in [2.45, 2.75) is 45.8 Å². The van der Waals surface area contributed by atoms with Crippen molar-refractivity contribution < 1.29 is 14.6 Å².